The molecule has 0 aromatic carbocycles. The number of piperidine rings is 1. The van der Waals surface area contributed by atoms with Gasteiger partial charge in [0.1, 0.15) is 10.7 Å². The van der Waals surface area contributed by atoms with E-state index >= 15 is 0 Å². The molecule has 1 aliphatic rings. The summed E-state index contributed by atoms with van der Waals surface area (Å²) >= 11 is 0. The predicted molar refractivity (Wildman–Crippen MR) is 74.5 cm³/mol. The fraction of sp³-hybridized carbons (Fsp3) is 0.538. The number of aromatic nitrogens is 1. The van der Waals surface area contributed by atoms with Crippen LogP contribution in [-0.2, 0) is 14.6 Å². The molecule has 1 aromatic rings. The van der Waals surface area contributed by atoms with Crippen LogP contribution in [0.4, 0.5) is 5.82 Å². The van der Waals surface area contributed by atoms with Gasteiger partial charge in [-0.25, -0.2) is 13.4 Å². The fourth-order valence-corrected chi connectivity index (χ4v) is 3.45. The van der Waals surface area contributed by atoms with Gasteiger partial charge >= 0.3 is 5.97 Å². The molecule has 0 bridgehead atoms. The van der Waals surface area contributed by atoms with Crippen molar-refractivity contribution in [1.29, 1.82) is 0 Å². The van der Waals surface area contributed by atoms with E-state index in [1.165, 1.54) is 12.3 Å². The molecule has 0 spiro atoms. The molecule has 110 valence electrons. The second-order valence-corrected chi connectivity index (χ2v) is 7.36. The monoisotopic (exact) mass is 298 g/mol. The number of sulfone groups is 1. The van der Waals surface area contributed by atoms with Crippen molar-refractivity contribution < 1.29 is 18.3 Å². The zero-order chi connectivity index (χ0) is 14.9. The normalized spacial score (nSPS) is 23.6. The largest absolute Gasteiger partial charge is 0.481 e. The Labute approximate surface area is 118 Å². The number of aliphatic carboxylic acids is 1. The number of carboxylic acid groups (broad SMARTS) is 1. The molecule has 0 aliphatic carbocycles. The number of anilines is 1. The molecule has 2 atom stereocenters. The first kappa shape index (κ1) is 14.8. The molecule has 2 heterocycles. The molecule has 2 unspecified atom stereocenters. The van der Waals surface area contributed by atoms with Crippen molar-refractivity contribution in [1.82, 2.24) is 4.98 Å². The highest BCUT2D eigenvalue weighted by molar-refractivity contribution is 7.90. The van der Waals surface area contributed by atoms with Crippen LogP contribution in [0, 0.1) is 11.8 Å². The van der Waals surface area contributed by atoms with Crippen LogP contribution in [-0.4, -0.2) is 43.8 Å². The maximum absolute atomic E-state index is 11.8. The molecular formula is C13H18N2O4S. The molecule has 20 heavy (non-hydrogen) atoms. The zero-order valence-corrected chi connectivity index (χ0v) is 12.3. The Bertz CT molecular complexity index is 615. The molecule has 0 saturated carbocycles. The van der Waals surface area contributed by atoms with Crippen LogP contribution in [0.15, 0.2) is 23.2 Å². The van der Waals surface area contributed by atoms with E-state index in [0.717, 1.165) is 6.26 Å². The molecule has 0 radical (unpaired) electrons. The van der Waals surface area contributed by atoms with Crippen molar-refractivity contribution in [2.45, 2.75) is 18.2 Å². The van der Waals surface area contributed by atoms with Crippen molar-refractivity contribution >= 4 is 21.6 Å². The van der Waals surface area contributed by atoms with Gasteiger partial charge in [-0.2, -0.15) is 0 Å². The lowest BCUT2D eigenvalue weighted by atomic mass is 9.90. The summed E-state index contributed by atoms with van der Waals surface area (Å²) in [6.45, 7) is 2.87. The van der Waals surface area contributed by atoms with Gasteiger partial charge < -0.3 is 10.0 Å². The minimum Gasteiger partial charge on any atom is -0.481 e. The van der Waals surface area contributed by atoms with Crippen molar-refractivity contribution in [3.05, 3.63) is 18.3 Å². The summed E-state index contributed by atoms with van der Waals surface area (Å²) in [7, 11) is -3.39. The minimum absolute atomic E-state index is 0.151. The molecule has 0 amide bonds. The van der Waals surface area contributed by atoms with Gasteiger partial charge in [0, 0.05) is 25.5 Å². The van der Waals surface area contributed by atoms with Gasteiger partial charge in [-0.1, -0.05) is 6.92 Å². The predicted octanol–water partition coefficient (Wildman–Crippen LogP) is 1.03. The van der Waals surface area contributed by atoms with Gasteiger partial charge in [-0.05, 0) is 24.5 Å². The minimum atomic E-state index is -3.39. The second kappa shape index (κ2) is 5.40. The molecule has 1 aromatic heterocycles. The molecule has 1 aliphatic heterocycles. The first-order valence-corrected chi connectivity index (χ1v) is 8.31. The van der Waals surface area contributed by atoms with E-state index in [4.69, 9.17) is 0 Å². The molecule has 2 rings (SSSR count). The number of pyridine rings is 1. The summed E-state index contributed by atoms with van der Waals surface area (Å²) in [5, 5.41) is 9.18. The van der Waals surface area contributed by atoms with E-state index in [0.29, 0.717) is 25.3 Å². The average molecular weight is 298 g/mol. The van der Waals surface area contributed by atoms with Crippen LogP contribution in [0.1, 0.15) is 13.3 Å². The van der Waals surface area contributed by atoms with Gasteiger partial charge in [-0.15, -0.1) is 0 Å². The maximum Gasteiger partial charge on any atom is 0.308 e. The molecule has 1 saturated heterocycles. The van der Waals surface area contributed by atoms with Gasteiger partial charge in [0.15, 0.2) is 9.84 Å². The van der Waals surface area contributed by atoms with Crippen LogP contribution in [0.25, 0.3) is 0 Å². The standard InChI is InChI=1S/C13H18N2O4S/c1-9-6-10(13(16)17)8-15(7-9)12-11(20(2,18)19)4-3-5-14-12/h3-5,9-10H,6-8H2,1-2H3,(H,16,17). The van der Waals surface area contributed by atoms with E-state index in [9.17, 15) is 18.3 Å². The van der Waals surface area contributed by atoms with E-state index in [2.05, 4.69) is 4.98 Å². The van der Waals surface area contributed by atoms with Crippen LogP contribution in [0.5, 0.6) is 0 Å². The van der Waals surface area contributed by atoms with Gasteiger partial charge in [-0.3, -0.25) is 4.79 Å². The maximum atomic E-state index is 11.8. The SMILES string of the molecule is CC1CC(C(=O)O)CN(c2ncccc2S(C)(=O)=O)C1. The Balaban J connectivity index is 2.39. The third-order valence-electron chi connectivity index (χ3n) is 3.46. The summed E-state index contributed by atoms with van der Waals surface area (Å²) in [6, 6.07) is 3.08. The summed E-state index contributed by atoms with van der Waals surface area (Å²) in [5.74, 6) is -0.807. The highest BCUT2D eigenvalue weighted by Gasteiger charge is 2.32. The highest BCUT2D eigenvalue weighted by atomic mass is 32.2. The molecule has 7 heteroatoms. The van der Waals surface area contributed by atoms with Crippen molar-refractivity contribution in [3.63, 3.8) is 0 Å². The van der Waals surface area contributed by atoms with Crippen molar-refractivity contribution in [2.75, 3.05) is 24.2 Å². The first-order valence-electron chi connectivity index (χ1n) is 6.42. The van der Waals surface area contributed by atoms with E-state index in [-0.39, 0.29) is 10.8 Å². The number of hydrogen-bond acceptors (Lipinski definition) is 5. The van der Waals surface area contributed by atoms with E-state index in [1.54, 1.807) is 11.0 Å². The molecule has 1 N–H and O–H groups in total. The Morgan fingerprint density at radius 1 is 1.45 bits per heavy atom. The summed E-state index contributed by atoms with van der Waals surface area (Å²) in [4.78, 5) is 17.3. The van der Waals surface area contributed by atoms with Crippen molar-refractivity contribution in [2.24, 2.45) is 11.8 Å². The Hall–Kier alpha value is -1.63. The van der Waals surface area contributed by atoms with E-state index < -0.39 is 21.7 Å². The number of nitrogens with zero attached hydrogens (tertiary/aromatic N) is 2. The van der Waals surface area contributed by atoms with Crippen LogP contribution in [0.2, 0.25) is 0 Å². The number of carboxylic acids is 1. The lowest BCUT2D eigenvalue weighted by Crippen LogP contribution is -2.43. The number of hydrogen-bond donors (Lipinski definition) is 1. The Morgan fingerprint density at radius 2 is 2.15 bits per heavy atom. The van der Waals surface area contributed by atoms with Gasteiger partial charge in [0.25, 0.3) is 0 Å². The number of rotatable bonds is 3. The summed E-state index contributed by atoms with van der Waals surface area (Å²) in [5.41, 5.74) is 0. The second-order valence-electron chi connectivity index (χ2n) is 5.38. The molecule has 6 nitrogen and oxygen atoms in total. The fourth-order valence-electron chi connectivity index (χ4n) is 2.61. The average Bonchev–Trinajstić information content (AvgIpc) is 2.37. The molecular weight excluding hydrogens is 280 g/mol. The highest BCUT2D eigenvalue weighted by Crippen LogP contribution is 2.29. The lowest BCUT2D eigenvalue weighted by Gasteiger charge is -2.36. The quantitative estimate of drug-likeness (QED) is 0.897. The van der Waals surface area contributed by atoms with E-state index in [1.807, 2.05) is 6.92 Å². The third-order valence-corrected chi connectivity index (χ3v) is 4.58. The summed E-state index contributed by atoms with van der Waals surface area (Å²) < 4.78 is 23.6. The van der Waals surface area contributed by atoms with Gasteiger partial charge in [0.05, 0.1) is 5.92 Å². The molecule has 1 fully saturated rings. The van der Waals surface area contributed by atoms with Gasteiger partial charge in [0.2, 0.25) is 0 Å². The summed E-state index contributed by atoms with van der Waals surface area (Å²) in [6.07, 6.45) is 3.27. The Kier molecular flexibility index (Phi) is 3.99. The third kappa shape index (κ3) is 3.09. The Morgan fingerprint density at radius 3 is 2.75 bits per heavy atom. The first-order chi connectivity index (χ1) is 9.29. The lowest BCUT2D eigenvalue weighted by molar-refractivity contribution is -0.142. The number of carbonyl (C=O) groups is 1. The van der Waals surface area contributed by atoms with Crippen molar-refractivity contribution in [3.8, 4) is 0 Å². The van der Waals surface area contributed by atoms with Crippen LogP contribution < -0.4 is 4.90 Å². The zero-order valence-electron chi connectivity index (χ0n) is 11.5. The van der Waals surface area contributed by atoms with Crippen LogP contribution >= 0.6 is 0 Å². The topological polar surface area (TPSA) is 87.6 Å². The van der Waals surface area contributed by atoms with Crippen LogP contribution in [0.3, 0.4) is 0 Å². The smallest absolute Gasteiger partial charge is 0.308 e.